The topological polar surface area (TPSA) is 60.0 Å². The number of benzene rings is 1. The van der Waals surface area contributed by atoms with Crippen LogP contribution in [0.1, 0.15) is 49.6 Å². The zero-order valence-electron chi connectivity index (χ0n) is 15.3. The van der Waals surface area contributed by atoms with Gasteiger partial charge in [-0.15, -0.1) is 0 Å². The molecule has 0 amide bonds. The van der Waals surface area contributed by atoms with Crippen molar-refractivity contribution in [1.82, 2.24) is 24.8 Å². The number of aromatic nitrogens is 4. The first kappa shape index (κ1) is 16.0. The summed E-state index contributed by atoms with van der Waals surface area (Å²) >= 11 is 0. The summed E-state index contributed by atoms with van der Waals surface area (Å²) < 4.78 is 7.42. The summed E-state index contributed by atoms with van der Waals surface area (Å²) in [6, 6.07) is 8.16. The van der Waals surface area contributed by atoms with Crippen LogP contribution in [0.4, 0.5) is 0 Å². The molecule has 6 nitrogen and oxygen atoms in total. The van der Waals surface area contributed by atoms with E-state index in [0.717, 1.165) is 54.3 Å². The highest BCUT2D eigenvalue weighted by Crippen LogP contribution is 2.31. The van der Waals surface area contributed by atoms with Crippen molar-refractivity contribution in [2.45, 2.75) is 44.9 Å². The molecule has 2 aromatic heterocycles. The van der Waals surface area contributed by atoms with Crippen LogP contribution in [-0.4, -0.2) is 44.5 Å². The molecule has 0 unspecified atom stereocenters. The van der Waals surface area contributed by atoms with Gasteiger partial charge in [0.05, 0.1) is 11.2 Å². The van der Waals surface area contributed by atoms with Crippen LogP contribution in [0.3, 0.4) is 0 Å². The minimum atomic E-state index is 0.372. The molecule has 1 saturated carbocycles. The van der Waals surface area contributed by atoms with E-state index in [4.69, 9.17) is 4.52 Å². The van der Waals surface area contributed by atoms with Gasteiger partial charge in [0, 0.05) is 17.8 Å². The Hall–Kier alpha value is -2.21. The second kappa shape index (κ2) is 6.50. The van der Waals surface area contributed by atoms with Crippen LogP contribution in [0.5, 0.6) is 0 Å². The average molecular weight is 351 g/mol. The number of likely N-dealkylation sites (tertiary alicyclic amines) is 1. The fourth-order valence-corrected chi connectivity index (χ4v) is 4.26. The smallest absolute Gasteiger partial charge is 0.291 e. The van der Waals surface area contributed by atoms with Crippen LogP contribution >= 0.6 is 0 Å². The Balaban J connectivity index is 1.31. The number of hydrogen-bond donors (Lipinski definition) is 0. The quantitative estimate of drug-likeness (QED) is 0.717. The third-order valence-electron chi connectivity index (χ3n) is 6.07. The number of aryl methyl sites for hydroxylation is 1. The van der Waals surface area contributed by atoms with E-state index in [1.807, 2.05) is 25.1 Å². The zero-order valence-corrected chi connectivity index (χ0v) is 15.3. The monoisotopic (exact) mass is 351 g/mol. The second-order valence-corrected chi connectivity index (χ2v) is 7.82. The molecule has 5 rings (SSSR count). The fraction of sp³-hybridized carbons (Fsp3) is 0.550. The minimum absolute atomic E-state index is 0.372. The van der Waals surface area contributed by atoms with Crippen molar-refractivity contribution in [2.24, 2.45) is 5.92 Å². The molecule has 0 atom stereocenters. The van der Waals surface area contributed by atoms with Gasteiger partial charge in [0.15, 0.2) is 0 Å². The summed E-state index contributed by atoms with van der Waals surface area (Å²) in [4.78, 5) is 7.30. The Morgan fingerprint density at radius 3 is 2.69 bits per heavy atom. The Morgan fingerprint density at radius 1 is 1.12 bits per heavy atom. The molecule has 1 aromatic carbocycles. The number of nitrogens with zero attached hydrogens (tertiary/aromatic N) is 5. The zero-order chi connectivity index (χ0) is 17.5. The van der Waals surface area contributed by atoms with E-state index in [1.54, 1.807) is 4.68 Å². The van der Waals surface area contributed by atoms with Crippen molar-refractivity contribution < 1.29 is 4.52 Å². The van der Waals surface area contributed by atoms with E-state index in [2.05, 4.69) is 26.2 Å². The second-order valence-electron chi connectivity index (χ2n) is 7.82. The number of hydrogen-bond acceptors (Lipinski definition) is 5. The highest BCUT2D eigenvalue weighted by Gasteiger charge is 2.28. The van der Waals surface area contributed by atoms with Gasteiger partial charge in [0.1, 0.15) is 0 Å². The van der Waals surface area contributed by atoms with Crippen molar-refractivity contribution in [3.8, 4) is 5.95 Å². The molecule has 26 heavy (non-hydrogen) atoms. The fourth-order valence-electron chi connectivity index (χ4n) is 4.26. The van der Waals surface area contributed by atoms with Gasteiger partial charge in [-0.3, -0.25) is 0 Å². The first-order valence-electron chi connectivity index (χ1n) is 9.78. The maximum atomic E-state index is 5.62. The van der Waals surface area contributed by atoms with Crippen molar-refractivity contribution >= 4 is 10.9 Å². The van der Waals surface area contributed by atoms with Gasteiger partial charge in [0.2, 0.25) is 5.89 Å². The molecule has 2 fully saturated rings. The van der Waals surface area contributed by atoms with Crippen molar-refractivity contribution in [1.29, 1.82) is 0 Å². The maximum absolute atomic E-state index is 5.62. The maximum Gasteiger partial charge on any atom is 0.291 e. The van der Waals surface area contributed by atoms with Crippen molar-refractivity contribution in [3.63, 3.8) is 0 Å². The first-order chi connectivity index (χ1) is 12.8. The third kappa shape index (κ3) is 2.82. The number of fused-ring (bicyclic) bond motifs is 1. The molecule has 136 valence electrons. The number of piperidine rings is 1. The Bertz CT molecular complexity index is 902. The third-order valence-corrected chi connectivity index (χ3v) is 6.07. The van der Waals surface area contributed by atoms with Crippen molar-refractivity contribution in [3.05, 3.63) is 35.9 Å². The van der Waals surface area contributed by atoms with E-state index in [0.29, 0.717) is 11.9 Å². The SMILES string of the molecule is Cc1nn(-c2noc(C3CCN(CC4CCC4)CC3)n2)c2ccccc12. The van der Waals surface area contributed by atoms with Gasteiger partial charge in [-0.25, -0.2) is 0 Å². The van der Waals surface area contributed by atoms with Gasteiger partial charge in [-0.05, 0) is 62.8 Å². The molecule has 0 radical (unpaired) electrons. The molecule has 0 spiro atoms. The summed E-state index contributed by atoms with van der Waals surface area (Å²) in [5.74, 6) is 2.62. The molecule has 3 heterocycles. The van der Waals surface area contributed by atoms with Crippen LogP contribution in [0.25, 0.3) is 16.9 Å². The van der Waals surface area contributed by atoms with Crippen LogP contribution in [-0.2, 0) is 0 Å². The lowest BCUT2D eigenvalue weighted by atomic mass is 9.84. The van der Waals surface area contributed by atoms with E-state index >= 15 is 0 Å². The van der Waals surface area contributed by atoms with Gasteiger partial charge >= 0.3 is 0 Å². The van der Waals surface area contributed by atoms with Gasteiger partial charge in [-0.2, -0.15) is 14.8 Å². The summed E-state index contributed by atoms with van der Waals surface area (Å²) in [6.07, 6.45) is 6.47. The molecular weight excluding hydrogens is 326 g/mol. The largest absolute Gasteiger partial charge is 0.337 e. The predicted molar refractivity (Wildman–Crippen MR) is 99.4 cm³/mol. The van der Waals surface area contributed by atoms with Crippen LogP contribution in [0, 0.1) is 12.8 Å². The highest BCUT2D eigenvalue weighted by atomic mass is 16.5. The molecule has 1 aliphatic carbocycles. The average Bonchev–Trinajstić information content (AvgIpc) is 3.24. The van der Waals surface area contributed by atoms with E-state index in [-0.39, 0.29) is 0 Å². The lowest BCUT2D eigenvalue weighted by Crippen LogP contribution is -2.38. The molecule has 0 bridgehead atoms. The van der Waals surface area contributed by atoms with E-state index < -0.39 is 0 Å². The lowest BCUT2D eigenvalue weighted by molar-refractivity contribution is 0.139. The van der Waals surface area contributed by atoms with Gasteiger partial charge in [-0.1, -0.05) is 24.6 Å². The van der Waals surface area contributed by atoms with Gasteiger partial charge in [0.25, 0.3) is 5.95 Å². The van der Waals surface area contributed by atoms with Crippen LogP contribution in [0.15, 0.2) is 28.8 Å². The first-order valence-corrected chi connectivity index (χ1v) is 9.78. The predicted octanol–water partition coefficient (Wildman–Crippen LogP) is 3.70. The Labute approximate surface area is 153 Å². The molecule has 6 heteroatoms. The molecule has 1 aliphatic heterocycles. The van der Waals surface area contributed by atoms with E-state index in [9.17, 15) is 0 Å². The summed E-state index contributed by atoms with van der Waals surface area (Å²) in [7, 11) is 0. The molecular formula is C20H25N5O. The number of para-hydroxylation sites is 1. The number of rotatable bonds is 4. The molecule has 1 saturated heterocycles. The van der Waals surface area contributed by atoms with E-state index in [1.165, 1.54) is 25.8 Å². The Kier molecular flexibility index (Phi) is 4.00. The summed E-state index contributed by atoms with van der Waals surface area (Å²) in [5.41, 5.74) is 2.00. The minimum Gasteiger partial charge on any atom is -0.337 e. The lowest BCUT2D eigenvalue weighted by Gasteiger charge is -2.36. The normalized spacial score (nSPS) is 19.9. The standard InChI is InChI=1S/C20H25N5O/c1-14-17-7-2-3-8-18(17)25(22-14)20-21-19(26-23-20)16-9-11-24(12-10-16)13-15-5-4-6-15/h2-3,7-8,15-16H,4-6,9-13H2,1H3. The van der Waals surface area contributed by atoms with Crippen LogP contribution < -0.4 is 0 Å². The molecule has 0 N–H and O–H groups in total. The highest BCUT2D eigenvalue weighted by molar-refractivity contribution is 5.82. The van der Waals surface area contributed by atoms with Crippen molar-refractivity contribution in [2.75, 3.05) is 19.6 Å². The Morgan fingerprint density at radius 2 is 1.92 bits per heavy atom. The van der Waals surface area contributed by atoms with Crippen LogP contribution in [0.2, 0.25) is 0 Å². The molecule has 2 aliphatic rings. The summed E-state index contributed by atoms with van der Waals surface area (Å²) in [6.45, 7) is 5.57. The van der Waals surface area contributed by atoms with Gasteiger partial charge < -0.3 is 9.42 Å². The summed E-state index contributed by atoms with van der Waals surface area (Å²) in [5, 5.41) is 9.95. The molecule has 3 aromatic rings.